The van der Waals surface area contributed by atoms with Crippen molar-refractivity contribution in [2.75, 3.05) is 12.4 Å². The van der Waals surface area contributed by atoms with E-state index in [-0.39, 0.29) is 17.1 Å². The average Bonchev–Trinajstić information content (AvgIpc) is 2.92. The molecule has 0 unspecified atom stereocenters. The third-order valence-corrected chi connectivity index (χ3v) is 8.54. The Kier molecular flexibility index (Phi) is 6.17. The molecule has 146 valence electrons. The van der Waals surface area contributed by atoms with Gasteiger partial charge in [0, 0.05) is 17.6 Å². The van der Waals surface area contributed by atoms with Gasteiger partial charge in [-0.15, -0.1) is 11.3 Å². The maximum atomic E-state index is 13.3. The van der Waals surface area contributed by atoms with Crippen LogP contribution in [0.4, 0.5) is 10.1 Å². The SMILES string of the molecule is CN1[C@@H](C(=O)Nc2ccc(F)c(Cl)c2)C[C@@H](c2cc(Cl)c(Br)s2)NS1(=O)=O. The zero-order valence-electron chi connectivity index (χ0n) is 13.7. The number of halogens is 4. The first-order valence-electron chi connectivity index (χ1n) is 7.54. The van der Waals surface area contributed by atoms with Crippen LogP contribution in [-0.4, -0.2) is 31.7 Å². The van der Waals surface area contributed by atoms with Gasteiger partial charge >= 0.3 is 0 Å². The molecule has 0 spiro atoms. The van der Waals surface area contributed by atoms with Crippen LogP contribution < -0.4 is 10.0 Å². The minimum Gasteiger partial charge on any atom is -0.325 e. The molecule has 2 heterocycles. The van der Waals surface area contributed by atoms with Gasteiger partial charge in [0.2, 0.25) is 5.91 Å². The number of rotatable bonds is 3. The molecule has 0 aliphatic carbocycles. The number of likely N-dealkylation sites (N-methyl/N-ethyl adjacent to an activating group) is 1. The van der Waals surface area contributed by atoms with Gasteiger partial charge in [0.25, 0.3) is 10.2 Å². The maximum Gasteiger partial charge on any atom is 0.280 e. The van der Waals surface area contributed by atoms with Crippen LogP contribution in [0.2, 0.25) is 10.0 Å². The number of amides is 1. The molecule has 2 atom stereocenters. The van der Waals surface area contributed by atoms with Gasteiger partial charge in [0.15, 0.2) is 0 Å². The Labute approximate surface area is 178 Å². The zero-order chi connectivity index (χ0) is 19.9. The van der Waals surface area contributed by atoms with E-state index in [1.54, 1.807) is 6.07 Å². The van der Waals surface area contributed by atoms with Crippen molar-refractivity contribution in [1.29, 1.82) is 0 Å². The van der Waals surface area contributed by atoms with Gasteiger partial charge in [-0.05, 0) is 46.6 Å². The molecule has 0 saturated carbocycles. The standard InChI is InChI=1S/C15H13BrCl2FN3O3S2/c1-22-12(15(23)20-7-2-3-10(19)8(17)4-7)6-11(21-27(22,24)25)13-5-9(18)14(16)26-13/h2-5,11-12,21H,6H2,1H3,(H,20,23)/t11-,12+/m0/s1. The Morgan fingerprint density at radius 1 is 1.37 bits per heavy atom. The number of nitrogens with zero attached hydrogens (tertiary/aromatic N) is 1. The molecule has 1 aliphatic heterocycles. The first-order chi connectivity index (χ1) is 12.6. The van der Waals surface area contributed by atoms with Gasteiger partial charge in [0.1, 0.15) is 11.9 Å². The normalized spacial score (nSPS) is 22.6. The number of hydrogen-bond acceptors (Lipinski definition) is 4. The Morgan fingerprint density at radius 3 is 2.67 bits per heavy atom. The molecule has 1 fully saturated rings. The minimum atomic E-state index is -3.88. The highest BCUT2D eigenvalue weighted by Gasteiger charge is 2.41. The van der Waals surface area contributed by atoms with Gasteiger partial charge in [-0.25, -0.2) is 4.39 Å². The fourth-order valence-electron chi connectivity index (χ4n) is 2.63. The largest absolute Gasteiger partial charge is 0.325 e. The summed E-state index contributed by atoms with van der Waals surface area (Å²) in [5.41, 5.74) is 0.272. The predicted octanol–water partition coefficient (Wildman–Crippen LogP) is 4.17. The second-order valence-corrected chi connectivity index (χ2v) is 10.8. The summed E-state index contributed by atoms with van der Waals surface area (Å²) in [7, 11) is -2.56. The molecule has 27 heavy (non-hydrogen) atoms. The van der Waals surface area contributed by atoms with Crippen molar-refractivity contribution in [2.24, 2.45) is 0 Å². The van der Waals surface area contributed by atoms with Crippen LogP contribution in [0.25, 0.3) is 0 Å². The summed E-state index contributed by atoms with van der Waals surface area (Å²) in [5.74, 6) is -1.16. The van der Waals surface area contributed by atoms with Crippen molar-refractivity contribution in [1.82, 2.24) is 9.03 Å². The summed E-state index contributed by atoms with van der Waals surface area (Å²) in [5, 5.41) is 2.90. The summed E-state index contributed by atoms with van der Waals surface area (Å²) in [6.07, 6.45) is 0.194. The Bertz CT molecular complexity index is 983. The van der Waals surface area contributed by atoms with E-state index in [4.69, 9.17) is 23.2 Å². The number of benzene rings is 1. The predicted molar refractivity (Wildman–Crippen MR) is 108 cm³/mol. The van der Waals surface area contributed by atoms with E-state index < -0.39 is 34.0 Å². The Hall–Kier alpha value is -0.750. The first-order valence-corrected chi connectivity index (χ1v) is 11.3. The van der Waals surface area contributed by atoms with Crippen LogP contribution in [0.15, 0.2) is 28.1 Å². The Morgan fingerprint density at radius 2 is 2.07 bits per heavy atom. The highest BCUT2D eigenvalue weighted by molar-refractivity contribution is 9.11. The van der Waals surface area contributed by atoms with E-state index in [0.717, 1.165) is 10.4 Å². The summed E-state index contributed by atoms with van der Waals surface area (Å²) < 4.78 is 42.4. The molecule has 6 nitrogen and oxygen atoms in total. The van der Waals surface area contributed by atoms with E-state index in [1.165, 1.54) is 30.5 Å². The monoisotopic (exact) mass is 515 g/mol. The number of anilines is 1. The van der Waals surface area contributed by atoms with Crippen LogP contribution in [-0.2, 0) is 15.0 Å². The highest BCUT2D eigenvalue weighted by Crippen LogP contribution is 2.39. The molecule has 1 saturated heterocycles. The fourth-order valence-corrected chi connectivity index (χ4v) is 5.96. The van der Waals surface area contributed by atoms with Crippen LogP contribution in [0, 0.1) is 5.82 Å². The lowest BCUT2D eigenvalue weighted by Crippen LogP contribution is -2.55. The molecular formula is C15H13BrCl2FN3O3S2. The van der Waals surface area contributed by atoms with Crippen LogP contribution in [0.1, 0.15) is 17.3 Å². The maximum absolute atomic E-state index is 13.3. The molecule has 2 N–H and O–H groups in total. The number of carbonyl (C=O) groups excluding carboxylic acids is 1. The fraction of sp³-hybridized carbons (Fsp3) is 0.267. The second-order valence-electron chi connectivity index (χ2n) is 5.83. The second kappa shape index (κ2) is 7.94. The van der Waals surface area contributed by atoms with Gasteiger partial charge in [-0.1, -0.05) is 23.2 Å². The molecule has 3 rings (SSSR count). The van der Waals surface area contributed by atoms with Crippen molar-refractivity contribution in [3.05, 3.63) is 48.8 Å². The molecule has 0 radical (unpaired) electrons. The molecule has 1 aliphatic rings. The Balaban J connectivity index is 1.85. The molecular weight excluding hydrogens is 504 g/mol. The lowest BCUT2D eigenvalue weighted by Gasteiger charge is -2.35. The summed E-state index contributed by atoms with van der Waals surface area (Å²) in [4.78, 5) is 13.4. The van der Waals surface area contributed by atoms with E-state index in [0.29, 0.717) is 13.7 Å². The number of nitrogens with one attached hydrogen (secondary N) is 2. The van der Waals surface area contributed by atoms with Crippen LogP contribution in [0.3, 0.4) is 0 Å². The van der Waals surface area contributed by atoms with Crippen molar-refractivity contribution >= 4 is 72.3 Å². The highest BCUT2D eigenvalue weighted by atomic mass is 79.9. The summed E-state index contributed by atoms with van der Waals surface area (Å²) in [6, 6.07) is 3.82. The molecule has 1 aromatic carbocycles. The van der Waals surface area contributed by atoms with Gasteiger partial charge in [-0.2, -0.15) is 17.4 Å². The van der Waals surface area contributed by atoms with Crippen LogP contribution in [0.5, 0.6) is 0 Å². The summed E-state index contributed by atoms with van der Waals surface area (Å²) >= 11 is 16.3. The quantitative estimate of drug-likeness (QED) is 0.642. The van der Waals surface area contributed by atoms with Crippen molar-refractivity contribution in [3.8, 4) is 0 Å². The van der Waals surface area contributed by atoms with Gasteiger partial charge in [0.05, 0.1) is 19.9 Å². The number of thiophene rings is 1. The number of hydrogen-bond donors (Lipinski definition) is 2. The van der Waals surface area contributed by atoms with Crippen molar-refractivity contribution in [3.63, 3.8) is 0 Å². The van der Waals surface area contributed by atoms with Crippen molar-refractivity contribution < 1.29 is 17.6 Å². The van der Waals surface area contributed by atoms with Gasteiger partial charge < -0.3 is 5.32 Å². The van der Waals surface area contributed by atoms with Gasteiger partial charge in [-0.3, -0.25) is 4.79 Å². The molecule has 1 amide bonds. The molecule has 1 aromatic heterocycles. The van der Waals surface area contributed by atoms with E-state index in [2.05, 4.69) is 26.0 Å². The smallest absolute Gasteiger partial charge is 0.280 e. The van der Waals surface area contributed by atoms with E-state index in [9.17, 15) is 17.6 Å². The topological polar surface area (TPSA) is 78.5 Å². The lowest BCUT2D eigenvalue weighted by atomic mass is 10.1. The molecule has 0 bridgehead atoms. The minimum absolute atomic E-state index is 0.143. The molecule has 2 aromatic rings. The molecule has 12 heteroatoms. The van der Waals surface area contributed by atoms with Crippen molar-refractivity contribution in [2.45, 2.75) is 18.5 Å². The third-order valence-electron chi connectivity index (χ3n) is 4.07. The third kappa shape index (κ3) is 4.47. The zero-order valence-corrected chi connectivity index (χ0v) is 18.4. The average molecular weight is 517 g/mol. The number of carbonyl (C=O) groups is 1. The van der Waals surface area contributed by atoms with E-state index in [1.807, 2.05) is 0 Å². The lowest BCUT2D eigenvalue weighted by molar-refractivity contribution is -0.120. The van der Waals surface area contributed by atoms with Crippen LogP contribution >= 0.6 is 50.5 Å². The van der Waals surface area contributed by atoms with E-state index >= 15 is 0 Å². The summed E-state index contributed by atoms with van der Waals surface area (Å²) in [6.45, 7) is 0. The first kappa shape index (κ1) is 21.0.